The van der Waals surface area contributed by atoms with Crippen LogP contribution in [0.25, 0.3) is 16.8 Å². The van der Waals surface area contributed by atoms with Crippen LogP contribution in [0.1, 0.15) is 36.8 Å². The predicted molar refractivity (Wildman–Crippen MR) is 119 cm³/mol. The molecule has 1 fully saturated rings. The van der Waals surface area contributed by atoms with Crippen LogP contribution < -0.4 is 10.1 Å². The Kier molecular flexibility index (Phi) is 6.10. The fraction of sp³-hybridized carbons (Fsp3) is 0.231. The number of benzene rings is 3. The largest absolute Gasteiger partial charge is 0.488 e. The number of amides is 1. The maximum absolute atomic E-state index is 12.5. The molecule has 0 heterocycles. The maximum Gasteiger partial charge on any atom is 0.262 e. The number of rotatable bonds is 6. The molecule has 0 bridgehead atoms. The summed E-state index contributed by atoms with van der Waals surface area (Å²) >= 11 is 0. The average Bonchev–Trinajstić information content (AvgIpc) is 3.29. The van der Waals surface area contributed by atoms with Gasteiger partial charge >= 0.3 is 0 Å². The van der Waals surface area contributed by atoms with Gasteiger partial charge in [0.15, 0.2) is 0 Å². The average molecular weight is 396 g/mol. The van der Waals surface area contributed by atoms with Crippen molar-refractivity contribution in [2.24, 2.45) is 0 Å². The topological polar surface area (TPSA) is 62.1 Å². The van der Waals surface area contributed by atoms with Crippen LogP contribution in [0.15, 0.2) is 72.3 Å². The van der Waals surface area contributed by atoms with Gasteiger partial charge in [-0.05, 0) is 41.3 Å². The van der Waals surface area contributed by atoms with Gasteiger partial charge in [-0.15, -0.1) is 0 Å². The minimum atomic E-state index is -0.312. The Labute approximate surface area is 176 Å². The fourth-order valence-corrected chi connectivity index (χ4v) is 3.94. The lowest BCUT2D eigenvalue weighted by Crippen LogP contribution is -2.33. The highest BCUT2D eigenvalue weighted by molar-refractivity contribution is 6.02. The summed E-state index contributed by atoms with van der Waals surface area (Å²) < 4.78 is 6.10. The number of nitrogens with zero attached hydrogens (tertiary/aromatic N) is 1. The van der Waals surface area contributed by atoms with Crippen LogP contribution in [0.5, 0.6) is 5.75 Å². The van der Waals surface area contributed by atoms with E-state index in [9.17, 15) is 10.1 Å². The summed E-state index contributed by atoms with van der Waals surface area (Å²) in [5.74, 6) is 0.333. The monoisotopic (exact) mass is 396 g/mol. The van der Waals surface area contributed by atoms with Crippen molar-refractivity contribution >= 4 is 22.8 Å². The van der Waals surface area contributed by atoms with Crippen molar-refractivity contribution in [2.75, 3.05) is 0 Å². The van der Waals surface area contributed by atoms with Gasteiger partial charge in [0.25, 0.3) is 5.91 Å². The standard InChI is InChI=1S/C26H24N2O2/c27-17-22(26(29)28-23-12-3-4-13-23)16-20-9-2-6-15-25(20)30-18-21-11-7-10-19-8-1-5-14-24(19)21/h1-2,5-11,14-16,23H,3-4,12-13,18H2,(H,28,29)/b22-16-. The van der Waals surface area contributed by atoms with Crippen molar-refractivity contribution in [3.05, 3.63) is 83.4 Å². The van der Waals surface area contributed by atoms with Crippen LogP contribution in [0, 0.1) is 11.3 Å². The molecule has 1 saturated carbocycles. The van der Waals surface area contributed by atoms with E-state index in [4.69, 9.17) is 4.74 Å². The lowest BCUT2D eigenvalue weighted by atomic mass is 10.1. The van der Waals surface area contributed by atoms with Crippen molar-refractivity contribution in [2.45, 2.75) is 38.3 Å². The molecule has 0 aromatic heterocycles. The smallest absolute Gasteiger partial charge is 0.262 e. The Bertz CT molecular complexity index is 1120. The summed E-state index contributed by atoms with van der Waals surface area (Å²) in [6.07, 6.45) is 5.83. The predicted octanol–water partition coefficient (Wildman–Crippen LogP) is 5.38. The van der Waals surface area contributed by atoms with Crippen molar-refractivity contribution < 1.29 is 9.53 Å². The Hall–Kier alpha value is -3.58. The molecule has 150 valence electrons. The molecule has 0 aliphatic heterocycles. The van der Waals surface area contributed by atoms with Crippen LogP contribution in [0.4, 0.5) is 0 Å². The van der Waals surface area contributed by atoms with E-state index < -0.39 is 0 Å². The number of carbonyl (C=O) groups excluding carboxylic acids is 1. The molecule has 3 aromatic carbocycles. The molecule has 3 aromatic rings. The number of nitrogens with one attached hydrogen (secondary N) is 1. The quantitative estimate of drug-likeness (QED) is 0.449. The number of hydrogen-bond acceptors (Lipinski definition) is 3. The van der Waals surface area contributed by atoms with E-state index in [0.717, 1.165) is 42.2 Å². The SMILES string of the molecule is N#C/C(=C/c1ccccc1OCc1cccc2ccccc12)C(=O)NC1CCCC1. The third-order valence-electron chi connectivity index (χ3n) is 5.54. The molecule has 4 nitrogen and oxygen atoms in total. The molecule has 30 heavy (non-hydrogen) atoms. The molecule has 0 radical (unpaired) electrons. The minimum absolute atomic E-state index is 0.100. The Balaban J connectivity index is 1.53. The van der Waals surface area contributed by atoms with E-state index in [1.165, 1.54) is 5.39 Å². The molecule has 1 aliphatic carbocycles. The summed E-state index contributed by atoms with van der Waals surface area (Å²) in [4.78, 5) is 12.5. The highest BCUT2D eigenvalue weighted by atomic mass is 16.5. The molecular weight excluding hydrogens is 372 g/mol. The summed E-state index contributed by atoms with van der Waals surface area (Å²) in [5, 5.41) is 14.8. The van der Waals surface area contributed by atoms with Crippen LogP contribution in [0.2, 0.25) is 0 Å². The highest BCUT2D eigenvalue weighted by Gasteiger charge is 2.19. The molecule has 0 saturated heterocycles. The molecule has 0 unspecified atom stereocenters. The van der Waals surface area contributed by atoms with Gasteiger partial charge in [0.1, 0.15) is 24.0 Å². The second-order valence-electron chi connectivity index (χ2n) is 7.59. The second kappa shape index (κ2) is 9.28. The third kappa shape index (κ3) is 4.52. The van der Waals surface area contributed by atoms with Gasteiger partial charge < -0.3 is 10.1 Å². The van der Waals surface area contributed by atoms with Crippen molar-refractivity contribution in [3.8, 4) is 11.8 Å². The number of para-hydroxylation sites is 1. The van der Waals surface area contributed by atoms with Crippen molar-refractivity contribution in [3.63, 3.8) is 0 Å². The highest BCUT2D eigenvalue weighted by Crippen LogP contribution is 2.25. The molecule has 1 N–H and O–H groups in total. The first-order chi connectivity index (χ1) is 14.7. The zero-order valence-corrected chi connectivity index (χ0v) is 16.8. The fourth-order valence-electron chi connectivity index (χ4n) is 3.94. The van der Waals surface area contributed by atoms with Crippen LogP contribution in [0.3, 0.4) is 0 Å². The third-order valence-corrected chi connectivity index (χ3v) is 5.54. The summed E-state index contributed by atoms with van der Waals surface area (Å²) in [5.41, 5.74) is 1.91. The number of carbonyl (C=O) groups is 1. The number of nitriles is 1. The van der Waals surface area contributed by atoms with Crippen molar-refractivity contribution in [1.82, 2.24) is 5.32 Å². The second-order valence-corrected chi connectivity index (χ2v) is 7.59. The van der Waals surface area contributed by atoms with Gasteiger partial charge in [-0.1, -0.05) is 73.5 Å². The van der Waals surface area contributed by atoms with Crippen molar-refractivity contribution in [1.29, 1.82) is 5.26 Å². The molecule has 4 rings (SSSR count). The van der Waals surface area contributed by atoms with Gasteiger partial charge in [-0.3, -0.25) is 4.79 Å². The minimum Gasteiger partial charge on any atom is -0.488 e. The van der Waals surface area contributed by atoms with Crippen LogP contribution >= 0.6 is 0 Å². The number of ether oxygens (including phenoxy) is 1. The first-order valence-electron chi connectivity index (χ1n) is 10.4. The first-order valence-corrected chi connectivity index (χ1v) is 10.4. The Morgan fingerprint density at radius 3 is 2.60 bits per heavy atom. The Morgan fingerprint density at radius 1 is 1.03 bits per heavy atom. The van der Waals surface area contributed by atoms with Gasteiger partial charge in [0.05, 0.1) is 0 Å². The van der Waals surface area contributed by atoms with Crippen LogP contribution in [-0.2, 0) is 11.4 Å². The zero-order valence-electron chi connectivity index (χ0n) is 16.8. The van der Waals surface area contributed by atoms with E-state index in [1.54, 1.807) is 6.08 Å². The molecule has 0 spiro atoms. The zero-order chi connectivity index (χ0) is 20.8. The van der Waals surface area contributed by atoms with Gasteiger partial charge in [-0.25, -0.2) is 0 Å². The number of fused-ring (bicyclic) bond motifs is 1. The normalized spacial score (nSPS) is 14.4. The van der Waals surface area contributed by atoms with E-state index in [0.29, 0.717) is 12.4 Å². The van der Waals surface area contributed by atoms with E-state index >= 15 is 0 Å². The molecule has 4 heteroatoms. The van der Waals surface area contributed by atoms with E-state index in [1.807, 2.05) is 48.5 Å². The van der Waals surface area contributed by atoms with Gasteiger partial charge in [0, 0.05) is 11.6 Å². The van der Waals surface area contributed by atoms with E-state index in [-0.39, 0.29) is 17.5 Å². The molecular formula is C26H24N2O2. The lowest BCUT2D eigenvalue weighted by molar-refractivity contribution is -0.117. The molecule has 0 atom stereocenters. The molecule has 1 aliphatic rings. The van der Waals surface area contributed by atoms with Gasteiger partial charge in [0.2, 0.25) is 0 Å². The Morgan fingerprint density at radius 2 is 1.77 bits per heavy atom. The maximum atomic E-state index is 12.5. The summed E-state index contributed by atoms with van der Waals surface area (Å²) in [6.45, 7) is 0.405. The first kappa shape index (κ1) is 19.7. The van der Waals surface area contributed by atoms with Crippen LogP contribution in [-0.4, -0.2) is 11.9 Å². The lowest BCUT2D eigenvalue weighted by Gasteiger charge is -2.13. The molecule has 1 amide bonds. The number of hydrogen-bond donors (Lipinski definition) is 1. The van der Waals surface area contributed by atoms with Gasteiger partial charge in [-0.2, -0.15) is 5.26 Å². The summed E-state index contributed by atoms with van der Waals surface area (Å²) in [7, 11) is 0. The van der Waals surface area contributed by atoms with E-state index in [2.05, 4.69) is 29.6 Å². The summed E-state index contributed by atoms with van der Waals surface area (Å²) in [6, 6.07) is 24.1.